The second kappa shape index (κ2) is 78.8. The van der Waals surface area contributed by atoms with E-state index < -0.39 is 12.1 Å². The summed E-state index contributed by atoms with van der Waals surface area (Å²) in [6.45, 7) is 4.96. The summed E-state index contributed by atoms with van der Waals surface area (Å²) in [5.74, 6) is -0.0398. The third-order valence-corrected chi connectivity index (χ3v) is 19.5. The molecule has 0 heterocycles. The summed E-state index contributed by atoms with van der Waals surface area (Å²) in [5.41, 5.74) is 0. The predicted octanol–water partition coefficient (Wildman–Crippen LogP) is 27.2. The zero-order valence-electron chi connectivity index (χ0n) is 60.7. The van der Waals surface area contributed by atoms with Crippen LogP contribution in [-0.4, -0.2) is 47.4 Å². The van der Waals surface area contributed by atoms with Crippen LogP contribution in [0.2, 0.25) is 0 Å². The van der Waals surface area contributed by atoms with Gasteiger partial charge in [0.05, 0.1) is 25.4 Å². The van der Waals surface area contributed by atoms with Crippen molar-refractivity contribution in [1.82, 2.24) is 5.32 Å². The summed E-state index contributed by atoms with van der Waals surface area (Å²) in [6, 6.07) is -0.627. The van der Waals surface area contributed by atoms with Crippen molar-refractivity contribution in [3.05, 3.63) is 24.3 Å². The van der Waals surface area contributed by atoms with Crippen LogP contribution in [0.25, 0.3) is 0 Å². The van der Waals surface area contributed by atoms with E-state index in [0.29, 0.717) is 19.4 Å². The molecule has 0 saturated heterocycles. The molecule has 0 aromatic rings. The lowest BCUT2D eigenvalue weighted by molar-refractivity contribution is -0.143. The molecule has 0 aliphatic rings. The molecule has 0 bridgehead atoms. The van der Waals surface area contributed by atoms with Crippen LogP contribution in [0.5, 0.6) is 0 Å². The van der Waals surface area contributed by atoms with Gasteiger partial charge >= 0.3 is 5.97 Å². The smallest absolute Gasteiger partial charge is 0.305 e. The molecule has 0 radical (unpaired) electrons. The number of esters is 1. The van der Waals surface area contributed by atoms with Gasteiger partial charge in [0.15, 0.2) is 0 Å². The van der Waals surface area contributed by atoms with Crippen LogP contribution in [0.15, 0.2) is 24.3 Å². The highest BCUT2D eigenvalue weighted by Crippen LogP contribution is 2.20. The molecule has 0 aromatic carbocycles. The standard InChI is InChI=1S/C83H161NO5/c1-3-5-7-9-11-13-15-17-19-21-23-24-25-30-33-36-40-43-47-51-55-59-63-67-71-75-81(86)80(79-85)84-82(87)76-72-68-64-60-56-52-48-44-41-37-34-31-28-26-27-29-32-35-38-42-46-50-54-58-62-66-70-74-78-89-83(88)77-73-69-65-61-57-53-49-45-39-22-20-18-16-14-12-10-8-6-4-2/h18,20,71,75,80-81,85-86H,3-17,19,21-70,72-74,76-79H2,1-2H3,(H,84,87)/b20-18-,75-71+. The fraction of sp³-hybridized carbons (Fsp3) is 0.928. The number of ether oxygens (including phenoxy) is 1. The summed E-state index contributed by atoms with van der Waals surface area (Å²) in [6.07, 6.45) is 102. The quantitative estimate of drug-likeness (QED) is 0.0320. The summed E-state index contributed by atoms with van der Waals surface area (Å²) in [7, 11) is 0. The molecule has 2 unspecified atom stereocenters. The predicted molar refractivity (Wildman–Crippen MR) is 393 cm³/mol. The Morgan fingerprint density at radius 3 is 0.798 bits per heavy atom. The molecule has 0 aliphatic heterocycles. The lowest BCUT2D eigenvalue weighted by Crippen LogP contribution is -2.45. The fourth-order valence-corrected chi connectivity index (χ4v) is 13.2. The molecule has 0 rings (SSSR count). The number of rotatable bonds is 78. The van der Waals surface area contributed by atoms with E-state index in [1.54, 1.807) is 6.08 Å². The molecule has 0 spiro atoms. The number of amides is 1. The Bertz CT molecular complexity index is 1400. The summed E-state index contributed by atoms with van der Waals surface area (Å²) >= 11 is 0. The highest BCUT2D eigenvalue weighted by molar-refractivity contribution is 5.76. The van der Waals surface area contributed by atoms with Crippen LogP contribution in [0.4, 0.5) is 0 Å². The zero-order valence-corrected chi connectivity index (χ0v) is 60.7. The fourth-order valence-electron chi connectivity index (χ4n) is 13.2. The lowest BCUT2D eigenvalue weighted by Gasteiger charge is -2.20. The van der Waals surface area contributed by atoms with Crippen LogP contribution in [0.3, 0.4) is 0 Å². The molecule has 2 atom stereocenters. The van der Waals surface area contributed by atoms with Gasteiger partial charge in [0.1, 0.15) is 0 Å². The van der Waals surface area contributed by atoms with Crippen LogP contribution >= 0.6 is 0 Å². The molecule has 3 N–H and O–H groups in total. The number of aliphatic hydroxyl groups is 2. The minimum Gasteiger partial charge on any atom is -0.466 e. The molecule has 6 heteroatoms. The van der Waals surface area contributed by atoms with Crippen LogP contribution in [0, 0.1) is 0 Å². The van der Waals surface area contributed by atoms with Crippen molar-refractivity contribution in [2.75, 3.05) is 13.2 Å². The largest absolute Gasteiger partial charge is 0.466 e. The first-order valence-electron chi connectivity index (χ1n) is 41.1. The van der Waals surface area contributed by atoms with Gasteiger partial charge in [0, 0.05) is 12.8 Å². The van der Waals surface area contributed by atoms with Gasteiger partial charge in [-0.25, -0.2) is 0 Å². The average Bonchev–Trinajstić information content (AvgIpc) is 3.57. The molecule has 0 aromatic heterocycles. The van der Waals surface area contributed by atoms with Gasteiger partial charge in [-0.1, -0.05) is 423 Å². The van der Waals surface area contributed by atoms with Gasteiger partial charge in [-0.3, -0.25) is 9.59 Å². The molecule has 528 valence electrons. The molecule has 6 nitrogen and oxygen atoms in total. The van der Waals surface area contributed by atoms with Crippen molar-refractivity contribution in [3.8, 4) is 0 Å². The van der Waals surface area contributed by atoms with Crippen molar-refractivity contribution in [1.29, 1.82) is 0 Å². The zero-order chi connectivity index (χ0) is 64.2. The van der Waals surface area contributed by atoms with E-state index in [1.165, 1.54) is 405 Å². The van der Waals surface area contributed by atoms with Crippen LogP contribution < -0.4 is 5.32 Å². The number of unbranched alkanes of at least 4 members (excludes halogenated alkanes) is 65. The normalized spacial score (nSPS) is 12.5. The van der Waals surface area contributed by atoms with Gasteiger partial charge in [-0.15, -0.1) is 0 Å². The van der Waals surface area contributed by atoms with Crippen molar-refractivity contribution >= 4 is 11.9 Å². The Morgan fingerprint density at radius 1 is 0.303 bits per heavy atom. The molecular weight excluding hydrogens is 1090 g/mol. The Kier molecular flexibility index (Phi) is 77.3. The van der Waals surface area contributed by atoms with E-state index in [1.807, 2.05) is 6.08 Å². The van der Waals surface area contributed by atoms with Crippen molar-refractivity contribution in [2.24, 2.45) is 0 Å². The lowest BCUT2D eigenvalue weighted by atomic mass is 10.0. The molecule has 0 aliphatic carbocycles. The number of carbonyl (C=O) groups excluding carboxylic acids is 2. The molecular formula is C83H161NO5. The maximum absolute atomic E-state index is 12.6. The Morgan fingerprint density at radius 2 is 0.528 bits per heavy atom. The monoisotopic (exact) mass is 1250 g/mol. The van der Waals surface area contributed by atoms with E-state index in [2.05, 4.69) is 31.3 Å². The summed E-state index contributed by atoms with van der Waals surface area (Å²) in [4.78, 5) is 24.7. The SMILES string of the molecule is CCCCCCCC/C=C\CCCCCCCCCCCC(=O)OCCCCCCCCCCCCCCCCCCCCCCCCCCCCCCC(=O)NC(CO)C(O)/C=C/CCCCCCCCCCCCCCCCCCCCCCCCC. The molecule has 89 heavy (non-hydrogen) atoms. The second-order valence-corrected chi connectivity index (χ2v) is 28.5. The van der Waals surface area contributed by atoms with E-state index in [9.17, 15) is 19.8 Å². The van der Waals surface area contributed by atoms with Crippen molar-refractivity contribution in [3.63, 3.8) is 0 Å². The van der Waals surface area contributed by atoms with Gasteiger partial charge in [-0.05, 0) is 57.8 Å². The first-order valence-corrected chi connectivity index (χ1v) is 41.1. The van der Waals surface area contributed by atoms with Gasteiger partial charge < -0.3 is 20.3 Å². The molecule has 1 amide bonds. The summed E-state index contributed by atoms with van der Waals surface area (Å²) in [5, 5.41) is 23.3. The van der Waals surface area contributed by atoms with Gasteiger partial charge in [0.25, 0.3) is 0 Å². The van der Waals surface area contributed by atoms with E-state index >= 15 is 0 Å². The maximum Gasteiger partial charge on any atom is 0.305 e. The van der Waals surface area contributed by atoms with Gasteiger partial charge in [0.2, 0.25) is 5.91 Å². The number of aliphatic hydroxyl groups excluding tert-OH is 2. The third kappa shape index (κ3) is 75.3. The number of hydrogen-bond donors (Lipinski definition) is 3. The van der Waals surface area contributed by atoms with Crippen molar-refractivity contribution in [2.45, 2.75) is 482 Å². The highest BCUT2D eigenvalue weighted by atomic mass is 16.5. The highest BCUT2D eigenvalue weighted by Gasteiger charge is 2.18. The average molecular weight is 1250 g/mol. The van der Waals surface area contributed by atoms with E-state index in [-0.39, 0.29) is 18.5 Å². The third-order valence-electron chi connectivity index (χ3n) is 19.5. The number of nitrogens with one attached hydrogen (secondary N) is 1. The van der Waals surface area contributed by atoms with Crippen LogP contribution in [-0.2, 0) is 14.3 Å². The van der Waals surface area contributed by atoms with E-state index in [0.717, 1.165) is 38.5 Å². The second-order valence-electron chi connectivity index (χ2n) is 28.5. The minimum absolute atomic E-state index is 0.0193. The summed E-state index contributed by atoms with van der Waals surface area (Å²) < 4.78 is 5.52. The first-order chi connectivity index (χ1) is 44.0. The maximum atomic E-state index is 12.6. The molecule has 0 fully saturated rings. The van der Waals surface area contributed by atoms with Crippen LogP contribution in [0.1, 0.15) is 470 Å². The first kappa shape index (κ1) is 87.3. The topological polar surface area (TPSA) is 95.9 Å². The number of carbonyl (C=O) groups is 2. The van der Waals surface area contributed by atoms with Gasteiger partial charge in [-0.2, -0.15) is 0 Å². The Hall–Kier alpha value is -1.66. The number of allylic oxidation sites excluding steroid dienone is 3. The Labute approximate surface area is 558 Å². The number of hydrogen-bond acceptors (Lipinski definition) is 5. The Balaban J connectivity index is 3.36. The van der Waals surface area contributed by atoms with E-state index in [4.69, 9.17) is 4.74 Å². The van der Waals surface area contributed by atoms with Crippen molar-refractivity contribution < 1.29 is 24.5 Å². The minimum atomic E-state index is -0.844. The molecule has 0 saturated carbocycles.